The van der Waals surface area contributed by atoms with E-state index in [2.05, 4.69) is 45.0 Å². The van der Waals surface area contributed by atoms with Gasteiger partial charge in [-0.05, 0) is 65.1 Å². The second-order valence-electron chi connectivity index (χ2n) is 7.52. The van der Waals surface area contributed by atoms with Gasteiger partial charge in [-0.25, -0.2) is 4.39 Å². The Morgan fingerprint density at radius 1 is 1.33 bits per heavy atom. The monoisotopic (exact) mass is 292 g/mol. The zero-order valence-electron chi connectivity index (χ0n) is 14.0. The van der Waals surface area contributed by atoms with E-state index in [9.17, 15) is 4.39 Å². The minimum Gasteiger partial charge on any atom is -0.308 e. The molecule has 0 bridgehead atoms. The maximum absolute atomic E-state index is 14.0. The quantitative estimate of drug-likeness (QED) is 0.854. The number of halogens is 1. The highest BCUT2D eigenvalue weighted by molar-refractivity contribution is 5.25. The van der Waals surface area contributed by atoms with E-state index in [4.69, 9.17) is 0 Å². The highest BCUT2D eigenvalue weighted by atomic mass is 19.1. The van der Waals surface area contributed by atoms with Gasteiger partial charge in [-0.2, -0.15) is 0 Å². The van der Waals surface area contributed by atoms with Crippen LogP contribution < -0.4 is 5.32 Å². The van der Waals surface area contributed by atoms with Crippen LogP contribution in [0.4, 0.5) is 4.39 Å². The predicted octanol–water partition coefficient (Wildman–Crippen LogP) is 3.94. The topological polar surface area (TPSA) is 15.3 Å². The summed E-state index contributed by atoms with van der Waals surface area (Å²) in [4.78, 5) is 2.27. The molecule has 0 saturated heterocycles. The molecule has 1 aromatic rings. The average Bonchev–Trinajstić information content (AvgIpc) is 3.22. The van der Waals surface area contributed by atoms with Crippen molar-refractivity contribution in [2.75, 3.05) is 7.05 Å². The van der Waals surface area contributed by atoms with E-state index >= 15 is 0 Å². The maximum atomic E-state index is 14.0. The van der Waals surface area contributed by atoms with Crippen LogP contribution >= 0.6 is 0 Å². The summed E-state index contributed by atoms with van der Waals surface area (Å²) < 4.78 is 14.0. The first-order valence-electron chi connectivity index (χ1n) is 7.99. The van der Waals surface area contributed by atoms with E-state index < -0.39 is 0 Å². The molecular weight excluding hydrogens is 263 g/mol. The van der Waals surface area contributed by atoms with Gasteiger partial charge in [0.05, 0.1) is 0 Å². The number of nitrogens with zero attached hydrogens (tertiary/aromatic N) is 1. The summed E-state index contributed by atoms with van der Waals surface area (Å²) in [6, 6.07) is 6.03. The predicted molar refractivity (Wildman–Crippen MR) is 86.6 cm³/mol. The van der Waals surface area contributed by atoms with Gasteiger partial charge in [0, 0.05) is 30.2 Å². The van der Waals surface area contributed by atoms with Crippen molar-refractivity contribution >= 4 is 0 Å². The molecule has 1 fully saturated rings. The van der Waals surface area contributed by atoms with Crippen LogP contribution in [0.2, 0.25) is 0 Å². The van der Waals surface area contributed by atoms with Crippen LogP contribution in [-0.2, 0) is 13.1 Å². The molecule has 1 unspecified atom stereocenters. The maximum Gasteiger partial charge on any atom is 0.127 e. The number of nitrogens with one attached hydrogen (secondary N) is 1. The van der Waals surface area contributed by atoms with Crippen LogP contribution in [0.25, 0.3) is 0 Å². The van der Waals surface area contributed by atoms with Gasteiger partial charge in [-0.3, -0.25) is 4.90 Å². The summed E-state index contributed by atoms with van der Waals surface area (Å²) in [5.41, 5.74) is 2.03. The van der Waals surface area contributed by atoms with Crippen molar-refractivity contribution in [2.45, 2.75) is 65.2 Å². The summed E-state index contributed by atoms with van der Waals surface area (Å²) in [6.45, 7) is 10.1. The molecule has 0 aromatic heterocycles. The largest absolute Gasteiger partial charge is 0.308 e. The van der Waals surface area contributed by atoms with Gasteiger partial charge in [-0.1, -0.05) is 12.1 Å². The Kier molecular flexibility index (Phi) is 5.05. The molecule has 21 heavy (non-hydrogen) atoms. The van der Waals surface area contributed by atoms with Gasteiger partial charge >= 0.3 is 0 Å². The molecule has 1 atom stereocenters. The summed E-state index contributed by atoms with van der Waals surface area (Å²) in [7, 11) is 2.10. The molecule has 0 radical (unpaired) electrons. The molecule has 118 valence electrons. The number of hydrogen-bond acceptors (Lipinski definition) is 2. The molecule has 0 heterocycles. The highest BCUT2D eigenvalue weighted by Gasteiger charge is 2.30. The van der Waals surface area contributed by atoms with Gasteiger partial charge < -0.3 is 5.32 Å². The molecule has 0 aliphatic heterocycles. The minimum absolute atomic E-state index is 0.0752. The van der Waals surface area contributed by atoms with Crippen molar-refractivity contribution in [1.82, 2.24) is 10.2 Å². The Morgan fingerprint density at radius 3 is 2.57 bits per heavy atom. The molecule has 2 rings (SSSR count). The van der Waals surface area contributed by atoms with Crippen LogP contribution in [0.5, 0.6) is 0 Å². The van der Waals surface area contributed by atoms with Crippen molar-refractivity contribution < 1.29 is 4.39 Å². The molecular formula is C18H29FN2. The van der Waals surface area contributed by atoms with E-state index in [1.807, 2.05) is 12.1 Å². The second kappa shape index (κ2) is 6.45. The molecule has 1 N–H and O–H groups in total. The fourth-order valence-corrected chi connectivity index (χ4v) is 2.58. The highest BCUT2D eigenvalue weighted by Crippen LogP contribution is 2.35. The Balaban J connectivity index is 2.00. The van der Waals surface area contributed by atoms with Crippen LogP contribution in [0, 0.1) is 11.7 Å². The van der Waals surface area contributed by atoms with Crippen LogP contribution in [0.3, 0.4) is 0 Å². The molecule has 2 nitrogen and oxygen atoms in total. The van der Waals surface area contributed by atoms with E-state index in [0.29, 0.717) is 12.6 Å². The summed E-state index contributed by atoms with van der Waals surface area (Å²) in [5, 5.41) is 3.45. The first kappa shape index (κ1) is 16.4. The summed E-state index contributed by atoms with van der Waals surface area (Å²) in [5.74, 6) is 0.716. The molecule has 3 heteroatoms. The molecule has 1 aliphatic carbocycles. The Hall–Kier alpha value is -0.930. The fraction of sp³-hybridized carbons (Fsp3) is 0.667. The standard InChI is InChI=1S/C18H29FN2/c1-13(15-7-8-15)21(5)12-16-10-14(6-9-17(16)19)11-20-18(2,3)4/h6,9-10,13,15,20H,7-8,11-12H2,1-5H3. The van der Waals surface area contributed by atoms with Gasteiger partial charge in [0.2, 0.25) is 0 Å². The van der Waals surface area contributed by atoms with Gasteiger partial charge in [-0.15, -0.1) is 0 Å². The van der Waals surface area contributed by atoms with E-state index in [1.54, 1.807) is 6.07 Å². The summed E-state index contributed by atoms with van der Waals surface area (Å²) in [6.07, 6.45) is 2.65. The molecule has 1 saturated carbocycles. The van der Waals surface area contributed by atoms with Crippen molar-refractivity contribution in [3.63, 3.8) is 0 Å². The zero-order valence-corrected chi connectivity index (χ0v) is 14.0. The smallest absolute Gasteiger partial charge is 0.127 e. The van der Waals surface area contributed by atoms with Crippen LogP contribution in [0.15, 0.2) is 18.2 Å². The van der Waals surface area contributed by atoms with E-state index in [0.717, 1.165) is 23.6 Å². The first-order valence-corrected chi connectivity index (χ1v) is 7.99. The fourth-order valence-electron chi connectivity index (χ4n) is 2.58. The minimum atomic E-state index is -0.0932. The van der Waals surface area contributed by atoms with Crippen LogP contribution in [-0.4, -0.2) is 23.5 Å². The normalized spacial score (nSPS) is 17.3. The Labute approximate surface area is 128 Å². The lowest BCUT2D eigenvalue weighted by Crippen LogP contribution is -2.35. The third-order valence-electron chi connectivity index (χ3n) is 4.35. The lowest BCUT2D eigenvalue weighted by atomic mass is 10.1. The lowest BCUT2D eigenvalue weighted by Gasteiger charge is -2.25. The van der Waals surface area contributed by atoms with E-state index in [1.165, 1.54) is 12.8 Å². The lowest BCUT2D eigenvalue weighted by molar-refractivity contribution is 0.223. The number of benzene rings is 1. The van der Waals surface area contributed by atoms with Crippen molar-refractivity contribution in [3.05, 3.63) is 35.1 Å². The molecule has 1 aromatic carbocycles. The third-order valence-corrected chi connectivity index (χ3v) is 4.35. The molecule has 0 spiro atoms. The van der Waals surface area contributed by atoms with Crippen LogP contribution in [0.1, 0.15) is 51.7 Å². The Bertz CT molecular complexity index is 475. The Morgan fingerprint density at radius 2 is 2.00 bits per heavy atom. The SMILES string of the molecule is CC(C1CC1)N(C)Cc1cc(CNC(C)(C)C)ccc1F. The number of rotatable bonds is 6. The van der Waals surface area contributed by atoms with Gasteiger partial charge in [0.1, 0.15) is 5.82 Å². The second-order valence-corrected chi connectivity index (χ2v) is 7.52. The number of hydrogen-bond donors (Lipinski definition) is 1. The average molecular weight is 292 g/mol. The summed E-state index contributed by atoms with van der Waals surface area (Å²) >= 11 is 0. The van der Waals surface area contributed by atoms with Crippen molar-refractivity contribution in [1.29, 1.82) is 0 Å². The molecule has 1 aliphatic rings. The van der Waals surface area contributed by atoms with E-state index in [-0.39, 0.29) is 11.4 Å². The zero-order chi connectivity index (χ0) is 15.6. The van der Waals surface area contributed by atoms with Crippen molar-refractivity contribution in [3.8, 4) is 0 Å². The van der Waals surface area contributed by atoms with Crippen molar-refractivity contribution in [2.24, 2.45) is 5.92 Å². The first-order chi connectivity index (χ1) is 9.76. The van der Waals surface area contributed by atoms with Gasteiger partial charge in [0.25, 0.3) is 0 Å². The van der Waals surface area contributed by atoms with Gasteiger partial charge in [0.15, 0.2) is 0 Å². The third kappa shape index (κ3) is 5.08. The molecule has 0 amide bonds.